The summed E-state index contributed by atoms with van der Waals surface area (Å²) in [4.78, 5) is 25.4. The summed E-state index contributed by atoms with van der Waals surface area (Å²) in [6.07, 6.45) is 0. The summed E-state index contributed by atoms with van der Waals surface area (Å²) in [5.41, 5.74) is 0. The Bertz CT molecular complexity index is 15.5. The second-order valence-electron chi connectivity index (χ2n) is 0.224. The predicted octanol–water partition coefficient (Wildman–Crippen LogP) is -2.60. The Morgan fingerprint density at radius 2 is 1.20 bits per heavy atom. The number of rotatable bonds is 0. The maximum absolute atomic E-state index is 8.48. The van der Waals surface area contributed by atoms with E-state index in [2.05, 4.69) is 0 Å². The molecule has 0 heterocycles. The van der Waals surface area contributed by atoms with Crippen LogP contribution in [0.4, 0.5) is 0 Å². The average molecular weight is 139 g/mol. The van der Waals surface area contributed by atoms with E-state index in [0.29, 0.717) is 0 Å². The first kappa shape index (κ1) is 9.26. The molecule has 0 atom stereocenters. The van der Waals surface area contributed by atoms with Crippen LogP contribution in [0.15, 0.2) is 0 Å². The minimum atomic E-state index is -3.37. The van der Waals surface area contributed by atoms with Gasteiger partial charge in [-0.3, -0.25) is 0 Å². The molecule has 0 unspecified atom stereocenters. The molecule has 0 spiro atoms. The third-order valence-corrected chi connectivity index (χ3v) is 0. The number of hydrogen-bond acceptors (Lipinski definition) is 3. The van der Waals surface area contributed by atoms with E-state index in [1.54, 1.807) is 0 Å². The van der Waals surface area contributed by atoms with E-state index in [0.717, 1.165) is 0 Å². The molecule has 0 rings (SSSR count). The Balaban J connectivity index is -0.0000000450. The first-order chi connectivity index (χ1) is 1.73. The van der Waals surface area contributed by atoms with Crippen molar-refractivity contribution in [3.63, 3.8) is 0 Å². The summed E-state index contributed by atoms with van der Waals surface area (Å²) in [5.74, 6) is 0. The second kappa shape index (κ2) is 4.80. The van der Waals surface area contributed by atoms with Gasteiger partial charge in [0.25, 0.3) is 0 Å². The topological polar surface area (TPSA) is 69.2 Å². The molecule has 0 aliphatic heterocycles. The molecule has 0 amide bonds. The van der Waals surface area contributed by atoms with Crippen LogP contribution in [-0.4, -0.2) is 0 Å². The van der Waals surface area contributed by atoms with Crippen molar-refractivity contribution in [3.05, 3.63) is 0 Å². The fourth-order valence-electron chi connectivity index (χ4n) is 0. The van der Waals surface area contributed by atoms with Crippen LogP contribution in [0, 0.1) is 0 Å². The van der Waals surface area contributed by atoms with Crippen molar-refractivity contribution in [2.75, 3.05) is 0 Å². The molecule has 0 N–H and O–H groups in total. The molecule has 0 aromatic heterocycles. The van der Waals surface area contributed by atoms with Gasteiger partial charge in [0.05, 0.1) is 0 Å². The van der Waals surface area contributed by atoms with E-state index in [1.165, 1.54) is 0 Å². The maximum Gasteiger partial charge on any atom is 2.00 e. The van der Waals surface area contributed by atoms with Crippen molar-refractivity contribution < 1.29 is 32.6 Å². The monoisotopic (exact) mass is 138 g/mol. The van der Waals surface area contributed by atoms with Crippen LogP contribution in [-0.2, 0) is 16.5 Å². The predicted molar refractivity (Wildman–Crippen MR) is 8.03 cm³/mol. The molecule has 0 fully saturated rings. The molecule has 0 aliphatic rings. The minimum absolute atomic E-state index is 0. The van der Waals surface area contributed by atoms with Crippen molar-refractivity contribution >= 4 is 8.60 Å². The summed E-state index contributed by atoms with van der Waals surface area (Å²) in [6.45, 7) is 0. The molecule has 34 valence electrons. The smallest absolute Gasteiger partial charge is 0.854 e. The van der Waals surface area contributed by atoms with Gasteiger partial charge in [0.1, 0.15) is 0 Å². The Labute approximate surface area is 42.0 Å². The molecule has 3 nitrogen and oxygen atoms in total. The van der Waals surface area contributed by atoms with E-state index in [4.69, 9.17) is 14.7 Å². The quantitative estimate of drug-likeness (QED) is 0.273. The van der Waals surface area contributed by atoms with Crippen molar-refractivity contribution in [2.45, 2.75) is 0 Å². The first-order valence-electron chi connectivity index (χ1n) is 0.548. The molecule has 0 aromatic rings. The molecule has 0 saturated heterocycles. The van der Waals surface area contributed by atoms with Crippen LogP contribution in [0.1, 0.15) is 1.43 Å². The van der Waals surface area contributed by atoms with Crippen LogP contribution in [0.25, 0.3) is 0 Å². The van der Waals surface area contributed by atoms with Gasteiger partial charge in [-0.25, -0.2) is 0 Å². The van der Waals surface area contributed by atoms with E-state index in [1.807, 2.05) is 0 Å². The molecular formula is HNiO3P. The maximum atomic E-state index is 8.48. The Hall–Kier alpha value is 0.804. The zero-order chi connectivity index (χ0) is 3.58. The summed E-state index contributed by atoms with van der Waals surface area (Å²) in [7, 11) is -3.37. The second-order valence-corrected chi connectivity index (χ2v) is 0.671. The fourth-order valence-corrected chi connectivity index (χ4v) is 0. The molecule has 0 aromatic carbocycles. The van der Waals surface area contributed by atoms with Crippen molar-refractivity contribution in [2.24, 2.45) is 0 Å². The first-order valence-corrected chi connectivity index (χ1v) is 1.64. The molecule has 5 heavy (non-hydrogen) atoms. The molecular weight excluding hydrogens is 138 g/mol. The zero-order valence-corrected chi connectivity index (χ0v) is 3.87. The van der Waals surface area contributed by atoms with Gasteiger partial charge in [0, 0.05) is 0 Å². The summed E-state index contributed by atoms with van der Waals surface area (Å²) in [5, 5.41) is 0. The van der Waals surface area contributed by atoms with Crippen LogP contribution in [0.5, 0.6) is 0 Å². The van der Waals surface area contributed by atoms with Gasteiger partial charge < -0.3 is 23.3 Å². The summed E-state index contributed by atoms with van der Waals surface area (Å²) >= 11 is 0. The summed E-state index contributed by atoms with van der Waals surface area (Å²) < 4.78 is 0. The molecule has 0 radical (unpaired) electrons. The fraction of sp³-hybridized carbons (Fsp3) is 0. The van der Waals surface area contributed by atoms with Gasteiger partial charge in [-0.1, -0.05) is 0 Å². The standard InChI is InChI=1S/Ni.O3P/c;1-4(2)3/q+2;-3/p+1. The van der Waals surface area contributed by atoms with Gasteiger partial charge in [0.2, 0.25) is 0 Å². The SMILES string of the molecule is [H+].[Ni+2].[O-]P([O-])[O-]. The molecule has 0 bridgehead atoms. The Kier molecular flexibility index (Phi) is 8.89. The van der Waals surface area contributed by atoms with Gasteiger partial charge >= 0.3 is 17.9 Å². The van der Waals surface area contributed by atoms with E-state index in [-0.39, 0.29) is 17.9 Å². The largest absolute Gasteiger partial charge is 2.00 e. The van der Waals surface area contributed by atoms with Gasteiger partial charge in [-0.05, 0) is 0 Å². The van der Waals surface area contributed by atoms with Crippen LogP contribution >= 0.6 is 8.60 Å². The normalized spacial score (nSPS) is 7.20. The Morgan fingerprint density at radius 1 is 1.20 bits per heavy atom. The molecule has 5 heteroatoms. The molecule has 0 aliphatic carbocycles. The van der Waals surface area contributed by atoms with Gasteiger partial charge in [-0.2, -0.15) is 0 Å². The van der Waals surface area contributed by atoms with Crippen molar-refractivity contribution in [1.82, 2.24) is 0 Å². The van der Waals surface area contributed by atoms with Crippen molar-refractivity contribution in [3.8, 4) is 0 Å². The zero-order valence-electron chi connectivity index (χ0n) is 2.99. The van der Waals surface area contributed by atoms with E-state index >= 15 is 0 Å². The Morgan fingerprint density at radius 3 is 1.20 bits per heavy atom. The van der Waals surface area contributed by atoms with Gasteiger partial charge in [0.15, 0.2) is 0 Å². The average Bonchev–Trinajstić information content (AvgIpc) is 0.811. The van der Waals surface area contributed by atoms with E-state index in [9.17, 15) is 0 Å². The van der Waals surface area contributed by atoms with Gasteiger partial charge in [-0.15, -0.1) is 0 Å². The van der Waals surface area contributed by atoms with E-state index < -0.39 is 8.60 Å². The molecule has 0 saturated carbocycles. The van der Waals surface area contributed by atoms with Crippen molar-refractivity contribution in [1.29, 1.82) is 0 Å². The van der Waals surface area contributed by atoms with Crippen LogP contribution in [0.2, 0.25) is 0 Å². The third kappa shape index (κ3) is 58.5. The van der Waals surface area contributed by atoms with Crippen LogP contribution < -0.4 is 14.7 Å². The minimum Gasteiger partial charge on any atom is -0.854 e. The third-order valence-electron chi connectivity index (χ3n) is 0. The number of hydrogen-bond donors (Lipinski definition) is 0. The summed E-state index contributed by atoms with van der Waals surface area (Å²) in [6, 6.07) is 0. The van der Waals surface area contributed by atoms with Crippen LogP contribution in [0.3, 0.4) is 0 Å².